The van der Waals surface area contributed by atoms with Crippen LogP contribution < -0.4 is 0 Å². The van der Waals surface area contributed by atoms with E-state index >= 15 is 0 Å². The van der Waals surface area contributed by atoms with Crippen LogP contribution in [-0.2, 0) is 4.74 Å². The lowest BCUT2D eigenvalue weighted by molar-refractivity contribution is 0.0358. The molecular formula is C15H32N2O. The molecule has 0 aromatic rings. The van der Waals surface area contributed by atoms with Crippen molar-refractivity contribution in [3.63, 3.8) is 0 Å². The normalized spacial score (nSPS) is 18.2. The summed E-state index contributed by atoms with van der Waals surface area (Å²) in [6, 6.07) is 0. The molecule has 1 saturated heterocycles. The third kappa shape index (κ3) is 7.34. The molecule has 0 saturated carbocycles. The molecule has 0 aromatic heterocycles. The molecule has 0 radical (unpaired) electrons. The average molecular weight is 256 g/mol. The van der Waals surface area contributed by atoms with Crippen LogP contribution >= 0.6 is 0 Å². The van der Waals surface area contributed by atoms with Crippen LogP contribution in [-0.4, -0.2) is 62.3 Å². The summed E-state index contributed by atoms with van der Waals surface area (Å²) >= 11 is 0. The topological polar surface area (TPSA) is 15.7 Å². The van der Waals surface area contributed by atoms with Crippen LogP contribution in [0.3, 0.4) is 0 Å². The van der Waals surface area contributed by atoms with E-state index in [4.69, 9.17) is 4.74 Å². The molecule has 1 heterocycles. The number of hydrogen-bond donors (Lipinski definition) is 0. The number of ether oxygens (including phenoxy) is 1. The molecule has 0 amide bonds. The first-order chi connectivity index (χ1) is 8.58. The molecule has 0 aliphatic carbocycles. The zero-order valence-electron chi connectivity index (χ0n) is 12.8. The van der Waals surface area contributed by atoms with Crippen molar-refractivity contribution in [2.75, 3.05) is 52.5 Å². The van der Waals surface area contributed by atoms with E-state index in [1.165, 1.54) is 32.6 Å². The van der Waals surface area contributed by atoms with Gasteiger partial charge in [0.05, 0.1) is 13.2 Å². The Morgan fingerprint density at radius 3 is 2.06 bits per heavy atom. The van der Waals surface area contributed by atoms with Crippen molar-refractivity contribution in [2.24, 2.45) is 11.8 Å². The Bertz CT molecular complexity index is 191. The lowest BCUT2D eigenvalue weighted by atomic mass is 10.1. The van der Waals surface area contributed by atoms with Crippen LogP contribution in [0.2, 0.25) is 0 Å². The van der Waals surface area contributed by atoms with Gasteiger partial charge in [0, 0.05) is 26.2 Å². The van der Waals surface area contributed by atoms with Crippen molar-refractivity contribution in [2.45, 2.75) is 34.1 Å². The summed E-state index contributed by atoms with van der Waals surface area (Å²) in [7, 11) is 0. The summed E-state index contributed by atoms with van der Waals surface area (Å²) < 4.78 is 5.38. The molecule has 1 aliphatic rings. The van der Waals surface area contributed by atoms with E-state index in [0.29, 0.717) is 0 Å². The Labute approximate surface area is 113 Å². The predicted molar refractivity (Wildman–Crippen MR) is 78.0 cm³/mol. The first-order valence-electron chi connectivity index (χ1n) is 7.60. The second-order valence-electron chi connectivity index (χ2n) is 6.35. The monoisotopic (exact) mass is 256 g/mol. The molecule has 3 heteroatoms. The van der Waals surface area contributed by atoms with Gasteiger partial charge in [0.2, 0.25) is 0 Å². The number of nitrogens with zero attached hydrogens (tertiary/aromatic N) is 2. The minimum Gasteiger partial charge on any atom is -0.379 e. The van der Waals surface area contributed by atoms with Gasteiger partial charge in [-0.25, -0.2) is 0 Å². The third-order valence-corrected chi connectivity index (χ3v) is 3.30. The lowest BCUT2D eigenvalue weighted by Crippen LogP contribution is -2.39. The van der Waals surface area contributed by atoms with Gasteiger partial charge in [-0.2, -0.15) is 0 Å². The summed E-state index contributed by atoms with van der Waals surface area (Å²) in [5.41, 5.74) is 0. The van der Waals surface area contributed by atoms with E-state index in [2.05, 4.69) is 37.5 Å². The minimum absolute atomic E-state index is 0.770. The Balaban J connectivity index is 2.18. The largest absolute Gasteiger partial charge is 0.379 e. The Hall–Kier alpha value is -0.120. The van der Waals surface area contributed by atoms with Gasteiger partial charge in [-0.1, -0.05) is 27.7 Å². The van der Waals surface area contributed by atoms with E-state index in [1.54, 1.807) is 0 Å². The zero-order valence-corrected chi connectivity index (χ0v) is 12.8. The standard InChI is InChI=1S/C15H32N2O/c1-14(2)12-17(13-15(3)4)7-5-6-16-8-10-18-11-9-16/h14-15H,5-13H2,1-4H3. The van der Waals surface area contributed by atoms with E-state index < -0.39 is 0 Å². The number of hydrogen-bond acceptors (Lipinski definition) is 3. The maximum Gasteiger partial charge on any atom is 0.0594 e. The lowest BCUT2D eigenvalue weighted by Gasteiger charge is -2.29. The quantitative estimate of drug-likeness (QED) is 0.663. The fourth-order valence-electron chi connectivity index (χ4n) is 2.63. The van der Waals surface area contributed by atoms with Gasteiger partial charge in [0.25, 0.3) is 0 Å². The third-order valence-electron chi connectivity index (χ3n) is 3.30. The second-order valence-corrected chi connectivity index (χ2v) is 6.35. The maximum absolute atomic E-state index is 5.38. The first-order valence-corrected chi connectivity index (χ1v) is 7.60. The summed E-state index contributed by atoms with van der Waals surface area (Å²) in [6.07, 6.45) is 1.29. The van der Waals surface area contributed by atoms with E-state index in [1.807, 2.05) is 0 Å². The molecule has 0 aromatic carbocycles. The second kappa shape index (κ2) is 8.89. The molecule has 0 bridgehead atoms. The molecular weight excluding hydrogens is 224 g/mol. The van der Waals surface area contributed by atoms with Crippen molar-refractivity contribution in [3.8, 4) is 0 Å². The molecule has 0 unspecified atom stereocenters. The average Bonchev–Trinajstić information content (AvgIpc) is 2.28. The fourth-order valence-corrected chi connectivity index (χ4v) is 2.63. The molecule has 0 spiro atoms. The summed E-state index contributed by atoms with van der Waals surface area (Å²) in [4.78, 5) is 5.17. The van der Waals surface area contributed by atoms with Crippen LogP contribution in [0.25, 0.3) is 0 Å². The van der Waals surface area contributed by atoms with E-state index in [-0.39, 0.29) is 0 Å². The molecule has 1 aliphatic heterocycles. The zero-order chi connectivity index (χ0) is 13.4. The van der Waals surface area contributed by atoms with E-state index in [9.17, 15) is 0 Å². The number of morpholine rings is 1. The van der Waals surface area contributed by atoms with Crippen LogP contribution in [0.15, 0.2) is 0 Å². The van der Waals surface area contributed by atoms with Gasteiger partial charge in [-0.3, -0.25) is 4.90 Å². The van der Waals surface area contributed by atoms with Gasteiger partial charge >= 0.3 is 0 Å². The predicted octanol–water partition coefficient (Wildman–Crippen LogP) is 2.32. The van der Waals surface area contributed by atoms with Gasteiger partial charge in [-0.05, 0) is 31.3 Å². The highest BCUT2D eigenvalue weighted by molar-refractivity contribution is 4.66. The van der Waals surface area contributed by atoms with Crippen molar-refractivity contribution in [3.05, 3.63) is 0 Å². The minimum atomic E-state index is 0.770. The molecule has 108 valence electrons. The van der Waals surface area contributed by atoms with Crippen molar-refractivity contribution < 1.29 is 4.74 Å². The molecule has 0 N–H and O–H groups in total. The molecule has 0 atom stereocenters. The van der Waals surface area contributed by atoms with Crippen molar-refractivity contribution in [1.29, 1.82) is 0 Å². The van der Waals surface area contributed by atoms with Crippen LogP contribution in [0.4, 0.5) is 0 Å². The van der Waals surface area contributed by atoms with Crippen LogP contribution in [0.1, 0.15) is 34.1 Å². The summed E-state index contributed by atoms with van der Waals surface area (Å²) in [5, 5.41) is 0. The fraction of sp³-hybridized carbons (Fsp3) is 1.00. The molecule has 18 heavy (non-hydrogen) atoms. The number of rotatable bonds is 8. The van der Waals surface area contributed by atoms with Gasteiger partial charge in [0.1, 0.15) is 0 Å². The summed E-state index contributed by atoms with van der Waals surface area (Å²) in [6.45, 7) is 18.3. The van der Waals surface area contributed by atoms with Crippen molar-refractivity contribution >= 4 is 0 Å². The Morgan fingerprint density at radius 1 is 1.00 bits per heavy atom. The van der Waals surface area contributed by atoms with Gasteiger partial charge < -0.3 is 9.64 Å². The molecule has 1 fully saturated rings. The SMILES string of the molecule is CC(C)CN(CCCN1CCOCC1)CC(C)C. The highest BCUT2D eigenvalue weighted by Gasteiger charge is 2.12. The van der Waals surface area contributed by atoms with Crippen LogP contribution in [0, 0.1) is 11.8 Å². The van der Waals surface area contributed by atoms with Crippen molar-refractivity contribution in [1.82, 2.24) is 9.80 Å². The Morgan fingerprint density at radius 2 is 1.56 bits per heavy atom. The molecule has 1 rings (SSSR count). The van der Waals surface area contributed by atoms with Crippen LogP contribution in [0.5, 0.6) is 0 Å². The highest BCUT2D eigenvalue weighted by Crippen LogP contribution is 2.06. The smallest absolute Gasteiger partial charge is 0.0594 e. The Kier molecular flexibility index (Phi) is 7.87. The summed E-state index contributed by atoms with van der Waals surface area (Å²) in [5.74, 6) is 1.54. The van der Waals surface area contributed by atoms with E-state index in [0.717, 1.165) is 38.1 Å². The maximum atomic E-state index is 5.38. The molecule has 3 nitrogen and oxygen atoms in total. The van der Waals surface area contributed by atoms with Gasteiger partial charge in [0.15, 0.2) is 0 Å². The van der Waals surface area contributed by atoms with Gasteiger partial charge in [-0.15, -0.1) is 0 Å². The highest BCUT2D eigenvalue weighted by atomic mass is 16.5. The first kappa shape index (κ1) is 15.9.